The molecule has 1 saturated carbocycles. The highest BCUT2D eigenvalue weighted by atomic mass is 32.2. The van der Waals surface area contributed by atoms with Crippen LogP contribution in [0.25, 0.3) is 0 Å². The molecule has 1 saturated heterocycles. The first kappa shape index (κ1) is 16.2. The number of likely N-dealkylation sites (N-methyl/N-ethyl adjacent to an activating group) is 1. The largest absolute Gasteiger partial charge is 0.379 e. The van der Waals surface area contributed by atoms with Crippen LogP contribution in [0.5, 0.6) is 0 Å². The van der Waals surface area contributed by atoms with Crippen molar-refractivity contribution in [2.45, 2.75) is 44.6 Å². The van der Waals surface area contributed by atoms with Crippen LogP contribution in [0.15, 0.2) is 0 Å². The Bertz CT molecular complexity index is 401. The third kappa shape index (κ3) is 3.01. The fraction of sp³-hybridized carbons (Fsp3) is 1.00. The summed E-state index contributed by atoms with van der Waals surface area (Å²) >= 11 is 0. The van der Waals surface area contributed by atoms with Crippen LogP contribution in [0.1, 0.15) is 39.0 Å². The number of morpholine rings is 1. The Kier molecular flexibility index (Phi) is 5.42. The second-order valence-electron chi connectivity index (χ2n) is 5.67. The maximum absolute atomic E-state index is 12.9. The molecule has 0 spiro atoms. The highest BCUT2D eigenvalue weighted by molar-refractivity contribution is 7.86. The smallest absolute Gasteiger partial charge is 0.282 e. The Labute approximate surface area is 122 Å². The van der Waals surface area contributed by atoms with Crippen molar-refractivity contribution in [1.82, 2.24) is 8.61 Å². The molecule has 1 aliphatic heterocycles. The van der Waals surface area contributed by atoms with Crippen LogP contribution in [-0.4, -0.2) is 62.0 Å². The first-order valence-corrected chi connectivity index (χ1v) is 9.02. The van der Waals surface area contributed by atoms with Gasteiger partial charge in [0.2, 0.25) is 0 Å². The zero-order chi connectivity index (χ0) is 14.6. The molecule has 2 aliphatic rings. The number of hydrogen-bond donors (Lipinski definition) is 1. The highest BCUT2D eigenvalue weighted by Crippen LogP contribution is 2.35. The molecular weight excluding hydrogens is 278 g/mol. The Morgan fingerprint density at radius 1 is 1.20 bits per heavy atom. The molecule has 0 unspecified atom stereocenters. The van der Waals surface area contributed by atoms with Crippen molar-refractivity contribution in [1.29, 1.82) is 0 Å². The SMILES string of the molecule is CCN(C1(CN)CCCCC1)S(=O)(=O)N1CCOCC1. The van der Waals surface area contributed by atoms with E-state index in [1.54, 1.807) is 8.61 Å². The molecule has 20 heavy (non-hydrogen) atoms. The van der Waals surface area contributed by atoms with Crippen molar-refractivity contribution in [2.24, 2.45) is 5.73 Å². The third-order valence-electron chi connectivity index (χ3n) is 4.56. The summed E-state index contributed by atoms with van der Waals surface area (Å²) in [5.74, 6) is 0. The average molecular weight is 305 g/mol. The molecule has 6 nitrogen and oxygen atoms in total. The molecular formula is C13H27N3O3S. The van der Waals surface area contributed by atoms with Gasteiger partial charge in [0.1, 0.15) is 0 Å². The van der Waals surface area contributed by atoms with E-state index >= 15 is 0 Å². The van der Waals surface area contributed by atoms with Crippen molar-refractivity contribution in [3.63, 3.8) is 0 Å². The van der Waals surface area contributed by atoms with E-state index in [1.807, 2.05) is 6.92 Å². The third-order valence-corrected chi connectivity index (χ3v) is 6.78. The summed E-state index contributed by atoms with van der Waals surface area (Å²) in [7, 11) is -3.44. The molecule has 2 fully saturated rings. The van der Waals surface area contributed by atoms with Gasteiger partial charge in [0.15, 0.2) is 0 Å². The first-order chi connectivity index (χ1) is 9.57. The fourth-order valence-electron chi connectivity index (χ4n) is 3.43. The molecule has 1 aliphatic carbocycles. The van der Waals surface area contributed by atoms with Crippen LogP contribution in [0.3, 0.4) is 0 Å². The highest BCUT2D eigenvalue weighted by Gasteiger charge is 2.44. The number of hydrogen-bond acceptors (Lipinski definition) is 4. The minimum Gasteiger partial charge on any atom is -0.379 e. The molecule has 7 heteroatoms. The maximum Gasteiger partial charge on any atom is 0.282 e. The van der Waals surface area contributed by atoms with E-state index < -0.39 is 10.2 Å². The van der Waals surface area contributed by atoms with Gasteiger partial charge in [-0.3, -0.25) is 0 Å². The second kappa shape index (κ2) is 6.70. The Hall–Kier alpha value is -0.210. The van der Waals surface area contributed by atoms with Crippen molar-refractivity contribution in [3.8, 4) is 0 Å². The summed E-state index contributed by atoms with van der Waals surface area (Å²) in [5.41, 5.74) is 5.61. The van der Waals surface area contributed by atoms with E-state index in [1.165, 1.54) is 6.42 Å². The molecule has 0 aromatic heterocycles. The number of ether oxygens (including phenoxy) is 1. The van der Waals surface area contributed by atoms with Crippen LogP contribution in [0, 0.1) is 0 Å². The maximum atomic E-state index is 12.9. The van der Waals surface area contributed by atoms with Crippen LogP contribution in [0.2, 0.25) is 0 Å². The summed E-state index contributed by atoms with van der Waals surface area (Å²) in [6.45, 7) is 4.64. The lowest BCUT2D eigenvalue weighted by molar-refractivity contribution is 0.0633. The fourth-order valence-corrected chi connectivity index (χ4v) is 5.39. The quantitative estimate of drug-likeness (QED) is 0.804. The second-order valence-corrected chi connectivity index (χ2v) is 7.53. The van der Waals surface area contributed by atoms with Crippen LogP contribution < -0.4 is 5.73 Å². The monoisotopic (exact) mass is 305 g/mol. The van der Waals surface area contributed by atoms with Gasteiger partial charge in [-0.25, -0.2) is 0 Å². The van der Waals surface area contributed by atoms with Gasteiger partial charge < -0.3 is 10.5 Å². The normalized spacial score (nSPS) is 24.9. The molecule has 0 aromatic rings. The Morgan fingerprint density at radius 3 is 2.30 bits per heavy atom. The van der Waals surface area contributed by atoms with E-state index in [4.69, 9.17) is 10.5 Å². The van der Waals surface area contributed by atoms with Crippen LogP contribution in [0.4, 0.5) is 0 Å². The van der Waals surface area contributed by atoms with E-state index in [2.05, 4.69) is 0 Å². The van der Waals surface area contributed by atoms with Crippen molar-refractivity contribution in [3.05, 3.63) is 0 Å². The van der Waals surface area contributed by atoms with Crippen LogP contribution >= 0.6 is 0 Å². The number of nitrogens with zero attached hydrogens (tertiary/aromatic N) is 2. The molecule has 0 aromatic carbocycles. The van der Waals surface area contributed by atoms with Crippen LogP contribution in [-0.2, 0) is 14.9 Å². The Morgan fingerprint density at radius 2 is 1.80 bits per heavy atom. The summed E-state index contributed by atoms with van der Waals surface area (Å²) in [4.78, 5) is 0. The molecule has 1 heterocycles. The number of nitrogens with two attached hydrogens (primary N) is 1. The van der Waals surface area contributed by atoms with Gasteiger partial charge in [-0.1, -0.05) is 26.2 Å². The molecule has 0 amide bonds. The Balaban J connectivity index is 2.24. The lowest BCUT2D eigenvalue weighted by atomic mass is 9.81. The van der Waals surface area contributed by atoms with E-state index in [-0.39, 0.29) is 5.54 Å². The zero-order valence-electron chi connectivity index (χ0n) is 12.4. The zero-order valence-corrected chi connectivity index (χ0v) is 13.2. The lowest BCUT2D eigenvalue weighted by Crippen LogP contribution is -2.61. The molecule has 0 bridgehead atoms. The van der Waals surface area contributed by atoms with Gasteiger partial charge in [0, 0.05) is 31.7 Å². The first-order valence-electron chi connectivity index (χ1n) is 7.62. The molecule has 0 radical (unpaired) electrons. The van der Waals surface area contributed by atoms with Gasteiger partial charge in [0.05, 0.1) is 13.2 Å². The summed E-state index contributed by atoms with van der Waals surface area (Å²) in [5, 5.41) is 0. The summed E-state index contributed by atoms with van der Waals surface area (Å²) in [6.07, 6.45) is 5.05. The standard InChI is InChI=1S/C13H27N3O3S/c1-2-16(13(12-14)6-4-3-5-7-13)20(17,18)15-8-10-19-11-9-15/h2-12,14H2,1H3. The minimum atomic E-state index is -3.44. The molecule has 118 valence electrons. The van der Waals surface area contributed by atoms with E-state index in [0.717, 1.165) is 25.7 Å². The van der Waals surface area contributed by atoms with Gasteiger partial charge in [0.25, 0.3) is 10.2 Å². The topological polar surface area (TPSA) is 75.9 Å². The molecule has 2 rings (SSSR count). The summed E-state index contributed by atoms with van der Waals surface area (Å²) < 4.78 is 34.3. The predicted molar refractivity (Wildman–Crippen MR) is 78.6 cm³/mol. The van der Waals surface area contributed by atoms with Gasteiger partial charge in [-0.05, 0) is 12.8 Å². The van der Waals surface area contributed by atoms with Crippen molar-refractivity contribution in [2.75, 3.05) is 39.4 Å². The van der Waals surface area contributed by atoms with Crippen molar-refractivity contribution < 1.29 is 13.2 Å². The lowest BCUT2D eigenvalue weighted by Gasteiger charge is -2.46. The minimum absolute atomic E-state index is 0.385. The van der Waals surface area contributed by atoms with Gasteiger partial charge in [-0.2, -0.15) is 17.0 Å². The van der Waals surface area contributed by atoms with Gasteiger partial charge >= 0.3 is 0 Å². The average Bonchev–Trinajstić information content (AvgIpc) is 2.49. The number of rotatable bonds is 5. The van der Waals surface area contributed by atoms with E-state index in [0.29, 0.717) is 39.4 Å². The predicted octanol–water partition coefficient (Wildman–Crippen LogP) is 0.547. The van der Waals surface area contributed by atoms with Crippen molar-refractivity contribution >= 4 is 10.2 Å². The molecule has 2 N–H and O–H groups in total. The van der Waals surface area contributed by atoms with Gasteiger partial charge in [-0.15, -0.1) is 0 Å². The molecule has 0 atom stereocenters. The van der Waals surface area contributed by atoms with E-state index in [9.17, 15) is 8.42 Å². The summed E-state index contributed by atoms with van der Waals surface area (Å²) in [6, 6.07) is 0.